The Labute approximate surface area is 83.7 Å². The molecule has 1 aromatic heterocycles. The van der Waals surface area contributed by atoms with Crippen molar-refractivity contribution >= 4 is 5.91 Å². The van der Waals surface area contributed by atoms with E-state index < -0.39 is 0 Å². The zero-order valence-electron chi connectivity index (χ0n) is 8.62. The van der Waals surface area contributed by atoms with Gasteiger partial charge in [0.15, 0.2) is 5.76 Å². The van der Waals surface area contributed by atoms with Gasteiger partial charge < -0.3 is 9.32 Å². The van der Waals surface area contributed by atoms with Gasteiger partial charge in [0.2, 0.25) is 0 Å². The lowest BCUT2D eigenvalue weighted by Gasteiger charge is -2.19. The third-order valence-corrected chi connectivity index (χ3v) is 2.65. The van der Waals surface area contributed by atoms with E-state index in [1.165, 1.54) is 0 Å². The molecule has 2 rings (SSSR count). The Hall–Kier alpha value is -1.25. The normalized spacial score (nSPS) is 15.6. The summed E-state index contributed by atoms with van der Waals surface area (Å²) in [5.41, 5.74) is 0.925. The van der Waals surface area contributed by atoms with Crippen molar-refractivity contribution in [3.8, 4) is 0 Å². The van der Waals surface area contributed by atoms with Gasteiger partial charge in [0, 0.05) is 18.2 Å². The standard InChI is InChI=1S/C11H15NO2/c1-3-12(9-4-5-9)11(13)10-8(2)6-7-14-10/h6-7,9H,3-5H2,1-2H3. The average molecular weight is 193 g/mol. The van der Waals surface area contributed by atoms with Crippen molar-refractivity contribution in [1.82, 2.24) is 4.90 Å². The number of furan rings is 1. The third-order valence-electron chi connectivity index (χ3n) is 2.65. The molecule has 0 saturated heterocycles. The SMILES string of the molecule is CCN(C(=O)c1occc1C)C1CC1. The summed E-state index contributed by atoms with van der Waals surface area (Å²) in [4.78, 5) is 13.9. The van der Waals surface area contributed by atoms with E-state index >= 15 is 0 Å². The second-order valence-corrected chi connectivity index (χ2v) is 3.76. The van der Waals surface area contributed by atoms with Crippen LogP contribution < -0.4 is 0 Å². The maximum atomic E-state index is 12.0. The van der Waals surface area contributed by atoms with Crippen molar-refractivity contribution in [3.05, 3.63) is 23.7 Å². The quantitative estimate of drug-likeness (QED) is 0.737. The first-order valence-electron chi connectivity index (χ1n) is 5.09. The lowest BCUT2D eigenvalue weighted by molar-refractivity contribution is 0.0719. The number of aryl methyl sites for hydroxylation is 1. The molecular weight excluding hydrogens is 178 g/mol. The van der Waals surface area contributed by atoms with Crippen molar-refractivity contribution < 1.29 is 9.21 Å². The number of carbonyl (C=O) groups is 1. The minimum Gasteiger partial charge on any atom is -0.459 e. The summed E-state index contributed by atoms with van der Waals surface area (Å²) < 4.78 is 5.20. The van der Waals surface area contributed by atoms with Gasteiger partial charge >= 0.3 is 0 Å². The van der Waals surface area contributed by atoms with Crippen LogP contribution in [0.25, 0.3) is 0 Å². The number of hydrogen-bond acceptors (Lipinski definition) is 2. The largest absolute Gasteiger partial charge is 0.459 e. The number of nitrogens with zero attached hydrogens (tertiary/aromatic N) is 1. The van der Waals surface area contributed by atoms with Crippen molar-refractivity contribution in [1.29, 1.82) is 0 Å². The molecule has 0 atom stereocenters. The second-order valence-electron chi connectivity index (χ2n) is 3.76. The van der Waals surface area contributed by atoms with Gasteiger partial charge in [-0.2, -0.15) is 0 Å². The van der Waals surface area contributed by atoms with Gasteiger partial charge in [-0.25, -0.2) is 0 Å². The first-order valence-corrected chi connectivity index (χ1v) is 5.09. The Bertz CT molecular complexity index is 339. The minimum absolute atomic E-state index is 0.0394. The van der Waals surface area contributed by atoms with Crippen molar-refractivity contribution in [3.63, 3.8) is 0 Å². The molecule has 14 heavy (non-hydrogen) atoms. The lowest BCUT2D eigenvalue weighted by Crippen LogP contribution is -2.32. The van der Waals surface area contributed by atoms with E-state index in [1.807, 2.05) is 24.8 Å². The number of amides is 1. The van der Waals surface area contributed by atoms with E-state index in [0.29, 0.717) is 11.8 Å². The van der Waals surface area contributed by atoms with E-state index in [-0.39, 0.29) is 5.91 Å². The van der Waals surface area contributed by atoms with E-state index in [9.17, 15) is 4.79 Å². The van der Waals surface area contributed by atoms with E-state index in [4.69, 9.17) is 4.42 Å². The van der Waals surface area contributed by atoms with Crippen molar-refractivity contribution in [2.75, 3.05) is 6.54 Å². The highest BCUT2D eigenvalue weighted by Gasteiger charge is 2.33. The van der Waals surface area contributed by atoms with Crippen molar-refractivity contribution in [2.45, 2.75) is 32.7 Å². The predicted octanol–water partition coefficient (Wildman–Crippen LogP) is 2.21. The van der Waals surface area contributed by atoms with Crippen LogP contribution in [0.1, 0.15) is 35.9 Å². The number of hydrogen-bond donors (Lipinski definition) is 0. The molecule has 76 valence electrons. The van der Waals surface area contributed by atoms with E-state index in [2.05, 4.69) is 0 Å². The zero-order valence-corrected chi connectivity index (χ0v) is 8.62. The van der Waals surface area contributed by atoms with Crippen LogP contribution in [0.3, 0.4) is 0 Å². The highest BCUT2D eigenvalue weighted by Crippen LogP contribution is 2.28. The molecule has 0 aromatic carbocycles. The molecule has 0 bridgehead atoms. The summed E-state index contributed by atoms with van der Waals surface area (Å²) >= 11 is 0. The Morgan fingerprint density at radius 2 is 2.36 bits per heavy atom. The fraction of sp³-hybridized carbons (Fsp3) is 0.545. The Kier molecular flexibility index (Phi) is 2.32. The van der Waals surface area contributed by atoms with Crippen molar-refractivity contribution in [2.24, 2.45) is 0 Å². The van der Waals surface area contributed by atoms with Crippen LogP contribution in [0.4, 0.5) is 0 Å². The van der Waals surface area contributed by atoms with Gasteiger partial charge in [-0.1, -0.05) is 0 Å². The molecule has 1 aromatic rings. The van der Waals surface area contributed by atoms with Gasteiger partial charge in [-0.3, -0.25) is 4.79 Å². The van der Waals surface area contributed by atoms with Crippen LogP contribution in [0, 0.1) is 6.92 Å². The fourth-order valence-electron chi connectivity index (χ4n) is 1.68. The predicted molar refractivity (Wildman–Crippen MR) is 53.2 cm³/mol. The van der Waals surface area contributed by atoms with E-state index in [0.717, 1.165) is 24.9 Å². The molecule has 1 aliphatic rings. The first kappa shape index (κ1) is 9.31. The summed E-state index contributed by atoms with van der Waals surface area (Å²) in [6, 6.07) is 2.28. The zero-order chi connectivity index (χ0) is 10.1. The van der Waals surface area contributed by atoms with Crippen LogP contribution in [-0.4, -0.2) is 23.4 Å². The maximum Gasteiger partial charge on any atom is 0.290 e. The molecule has 1 amide bonds. The molecule has 0 aliphatic heterocycles. The summed E-state index contributed by atoms with van der Waals surface area (Å²) in [7, 11) is 0. The molecule has 1 fully saturated rings. The molecule has 3 heteroatoms. The Balaban J connectivity index is 2.17. The number of carbonyl (C=O) groups excluding carboxylic acids is 1. The monoisotopic (exact) mass is 193 g/mol. The van der Waals surface area contributed by atoms with Crippen LogP contribution in [0.2, 0.25) is 0 Å². The van der Waals surface area contributed by atoms with Gasteiger partial charge in [0.05, 0.1) is 6.26 Å². The molecule has 0 radical (unpaired) electrons. The van der Waals surface area contributed by atoms with Crippen LogP contribution in [0.15, 0.2) is 16.7 Å². The minimum atomic E-state index is 0.0394. The Morgan fingerprint density at radius 1 is 1.64 bits per heavy atom. The second kappa shape index (κ2) is 3.48. The summed E-state index contributed by atoms with van der Waals surface area (Å²) in [6.45, 7) is 4.68. The highest BCUT2D eigenvalue weighted by molar-refractivity contribution is 5.93. The molecule has 3 nitrogen and oxygen atoms in total. The van der Waals surface area contributed by atoms with E-state index in [1.54, 1.807) is 6.26 Å². The van der Waals surface area contributed by atoms with Gasteiger partial charge in [-0.05, 0) is 32.8 Å². The lowest BCUT2D eigenvalue weighted by atomic mass is 10.2. The summed E-state index contributed by atoms with van der Waals surface area (Å²) in [5, 5.41) is 0. The number of rotatable bonds is 3. The topological polar surface area (TPSA) is 33.5 Å². The average Bonchev–Trinajstić information content (AvgIpc) is 2.90. The molecule has 0 unspecified atom stereocenters. The summed E-state index contributed by atoms with van der Waals surface area (Å²) in [5.74, 6) is 0.538. The highest BCUT2D eigenvalue weighted by atomic mass is 16.3. The fourth-order valence-corrected chi connectivity index (χ4v) is 1.68. The van der Waals surface area contributed by atoms with Crippen LogP contribution in [0.5, 0.6) is 0 Å². The van der Waals surface area contributed by atoms with Crippen LogP contribution >= 0.6 is 0 Å². The maximum absolute atomic E-state index is 12.0. The van der Waals surface area contributed by atoms with Crippen LogP contribution in [-0.2, 0) is 0 Å². The molecule has 0 N–H and O–H groups in total. The molecular formula is C11H15NO2. The van der Waals surface area contributed by atoms with Gasteiger partial charge in [-0.15, -0.1) is 0 Å². The first-order chi connectivity index (χ1) is 6.74. The van der Waals surface area contributed by atoms with Gasteiger partial charge in [0.1, 0.15) is 0 Å². The summed E-state index contributed by atoms with van der Waals surface area (Å²) in [6.07, 6.45) is 3.85. The molecule has 0 spiro atoms. The van der Waals surface area contributed by atoms with Gasteiger partial charge in [0.25, 0.3) is 5.91 Å². The molecule has 1 aliphatic carbocycles. The Morgan fingerprint density at radius 3 is 2.79 bits per heavy atom. The molecule has 1 saturated carbocycles. The third kappa shape index (κ3) is 1.54. The molecule has 1 heterocycles. The smallest absolute Gasteiger partial charge is 0.290 e.